The predicted octanol–water partition coefficient (Wildman–Crippen LogP) is 7.14. The Morgan fingerprint density at radius 1 is 0.800 bits per heavy atom. The summed E-state index contributed by atoms with van der Waals surface area (Å²) in [6.45, 7) is 14.3. The molecule has 0 radical (unpaired) electrons. The normalized spacial score (nSPS) is 18.7. The van der Waals surface area contributed by atoms with Crippen LogP contribution in [-0.2, 0) is 5.16 Å². The molecule has 4 nitrogen and oxygen atoms in total. The van der Waals surface area contributed by atoms with Crippen molar-refractivity contribution in [2.45, 2.75) is 63.4 Å². The SMILES string of the molecule is CC(C)(C)P(CC1=CC(=C2C=CC=CC2)C=C1C(P)(c1ncccn1)c1ncccn1)C(C)(C)C. The van der Waals surface area contributed by atoms with Crippen molar-refractivity contribution in [3.8, 4) is 0 Å². The van der Waals surface area contributed by atoms with Gasteiger partial charge in [0.25, 0.3) is 0 Å². The summed E-state index contributed by atoms with van der Waals surface area (Å²) < 4.78 is 0. The molecule has 0 aliphatic heterocycles. The first-order chi connectivity index (χ1) is 16.5. The third-order valence-electron chi connectivity index (χ3n) is 6.44. The lowest BCUT2D eigenvalue weighted by Crippen LogP contribution is -2.31. The number of allylic oxidation sites excluding steroid dienone is 10. The molecule has 4 rings (SSSR count). The van der Waals surface area contributed by atoms with Gasteiger partial charge in [-0.25, -0.2) is 19.9 Å². The van der Waals surface area contributed by atoms with Crippen LogP contribution in [0.15, 0.2) is 95.7 Å². The minimum atomic E-state index is -0.748. The van der Waals surface area contributed by atoms with Gasteiger partial charge in [0.05, 0.1) is 0 Å². The molecule has 0 aromatic carbocycles. The fourth-order valence-corrected chi connectivity index (χ4v) is 9.09. The van der Waals surface area contributed by atoms with E-state index in [0.29, 0.717) is 11.6 Å². The fourth-order valence-electron chi connectivity index (χ4n) is 4.96. The molecule has 0 bridgehead atoms. The Balaban J connectivity index is 1.93. The summed E-state index contributed by atoms with van der Waals surface area (Å²) in [6, 6.07) is 3.70. The first kappa shape index (κ1) is 25.8. The second-order valence-corrected chi connectivity index (χ2v) is 15.8. The van der Waals surface area contributed by atoms with Crippen molar-refractivity contribution in [1.82, 2.24) is 19.9 Å². The Morgan fingerprint density at radius 3 is 1.80 bits per heavy atom. The molecule has 0 amide bonds. The van der Waals surface area contributed by atoms with Gasteiger partial charge in [-0.05, 0) is 63.4 Å². The molecule has 0 saturated heterocycles. The van der Waals surface area contributed by atoms with Gasteiger partial charge in [0.2, 0.25) is 0 Å². The quantitative estimate of drug-likeness (QED) is 0.408. The van der Waals surface area contributed by atoms with Crippen LogP contribution >= 0.6 is 17.2 Å². The van der Waals surface area contributed by atoms with Gasteiger partial charge < -0.3 is 0 Å². The Hall–Kier alpha value is -2.28. The highest BCUT2D eigenvalue weighted by Gasteiger charge is 2.44. The van der Waals surface area contributed by atoms with E-state index in [9.17, 15) is 0 Å². The zero-order chi connectivity index (χ0) is 25.3. The molecular weight excluding hydrogens is 466 g/mol. The van der Waals surface area contributed by atoms with Crippen LogP contribution < -0.4 is 0 Å². The minimum Gasteiger partial charge on any atom is -0.240 e. The molecule has 1 atom stereocenters. The van der Waals surface area contributed by atoms with Crippen molar-refractivity contribution in [2.24, 2.45) is 0 Å². The standard InChI is InChI=1S/C29H36N4P2/c1-27(2,3)35(28(4,5)6)20-23-18-22(21-12-8-7-9-13-21)19-24(23)29(34,25-30-14-10-15-31-25)26-32-16-11-17-33-26/h7-12,14-19H,13,20,34H2,1-6H3. The van der Waals surface area contributed by atoms with Crippen molar-refractivity contribution in [3.05, 3.63) is 107 Å². The molecule has 2 heterocycles. The summed E-state index contributed by atoms with van der Waals surface area (Å²) in [5.74, 6) is 1.38. The molecule has 2 aromatic rings. The van der Waals surface area contributed by atoms with Crippen LogP contribution in [0.5, 0.6) is 0 Å². The Morgan fingerprint density at radius 2 is 1.34 bits per heavy atom. The smallest absolute Gasteiger partial charge is 0.150 e. The molecule has 2 aromatic heterocycles. The van der Waals surface area contributed by atoms with E-state index in [1.807, 2.05) is 12.1 Å². The van der Waals surface area contributed by atoms with Crippen LogP contribution in [0.3, 0.4) is 0 Å². The molecule has 0 fully saturated rings. The number of rotatable bonds is 5. The van der Waals surface area contributed by atoms with Gasteiger partial charge in [-0.15, -0.1) is 9.24 Å². The summed E-state index contributed by atoms with van der Waals surface area (Å²) in [6.07, 6.45) is 22.5. The monoisotopic (exact) mass is 502 g/mol. The van der Waals surface area contributed by atoms with Crippen LogP contribution in [0.4, 0.5) is 0 Å². The fraction of sp³-hybridized carbons (Fsp3) is 0.379. The maximum Gasteiger partial charge on any atom is 0.150 e. The largest absolute Gasteiger partial charge is 0.240 e. The van der Waals surface area contributed by atoms with E-state index in [1.165, 1.54) is 22.3 Å². The molecule has 6 heteroatoms. The third kappa shape index (κ3) is 5.45. The van der Waals surface area contributed by atoms with Crippen LogP contribution in [0.1, 0.15) is 59.6 Å². The van der Waals surface area contributed by atoms with Gasteiger partial charge in [0.1, 0.15) is 16.8 Å². The highest BCUT2D eigenvalue weighted by Crippen LogP contribution is 2.62. The number of aromatic nitrogens is 4. The lowest BCUT2D eigenvalue weighted by Gasteiger charge is -2.43. The van der Waals surface area contributed by atoms with E-state index in [2.05, 4.69) is 87.2 Å². The van der Waals surface area contributed by atoms with Crippen molar-refractivity contribution in [2.75, 3.05) is 6.16 Å². The van der Waals surface area contributed by atoms with Gasteiger partial charge in [-0.1, -0.05) is 79.8 Å². The first-order valence-electron chi connectivity index (χ1n) is 12.1. The summed E-state index contributed by atoms with van der Waals surface area (Å²) in [5, 5.41) is -0.334. The molecule has 2 aliphatic carbocycles. The number of hydrogen-bond donors (Lipinski definition) is 0. The van der Waals surface area contributed by atoms with Gasteiger partial charge in [-0.2, -0.15) is 0 Å². The molecular formula is C29H36N4P2. The molecule has 2 aliphatic rings. The first-order valence-corrected chi connectivity index (χ1v) is 14.2. The van der Waals surface area contributed by atoms with Gasteiger partial charge in [-0.3, -0.25) is 0 Å². The van der Waals surface area contributed by atoms with E-state index >= 15 is 0 Å². The molecule has 0 N–H and O–H groups in total. The topological polar surface area (TPSA) is 51.6 Å². The lowest BCUT2D eigenvalue weighted by molar-refractivity contribution is 0.702. The second-order valence-electron chi connectivity index (χ2n) is 11.1. The van der Waals surface area contributed by atoms with E-state index in [0.717, 1.165) is 12.6 Å². The Kier molecular flexibility index (Phi) is 7.37. The van der Waals surface area contributed by atoms with E-state index < -0.39 is 5.16 Å². The Labute approximate surface area is 213 Å². The zero-order valence-corrected chi connectivity index (χ0v) is 23.7. The average Bonchev–Trinajstić information content (AvgIpc) is 3.27. The van der Waals surface area contributed by atoms with Crippen molar-refractivity contribution in [1.29, 1.82) is 0 Å². The summed E-state index contributed by atoms with van der Waals surface area (Å²) in [7, 11) is 2.68. The molecule has 35 heavy (non-hydrogen) atoms. The van der Waals surface area contributed by atoms with Crippen molar-refractivity contribution >= 4 is 17.2 Å². The van der Waals surface area contributed by atoms with Gasteiger partial charge in [0, 0.05) is 24.8 Å². The van der Waals surface area contributed by atoms with Crippen LogP contribution in [0.25, 0.3) is 0 Å². The second kappa shape index (κ2) is 10.00. The zero-order valence-electron chi connectivity index (χ0n) is 21.7. The number of nitrogens with zero attached hydrogens (tertiary/aromatic N) is 4. The molecule has 0 spiro atoms. The maximum atomic E-state index is 4.70. The molecule has 1 unspecified atom stereocenters. The average molecular weight is 503 g/mol. The van der Waals surface area contributed by atoms with E-state index in [1.54, 1.807) is 24.8 Å². The molecule has 0 saturated carbocycles. The highest BCUT2D eigenvalue weighted by atomic mass is 31.1. The summed E-state index contributed by atoms with van der Waals surface area (Å²) in [4.78, 5) is 18.8. The maximum absolute atomic E-state index is 4.70. The van der Waals surface area contributed by atoms with Crippen LogP contribution in [0, 0.1) is 0 Å². The van der Waals surface area contributed by atoms with Crippen LogP contribution in [-0.4, -0.2) is 36.4 Å². The summed E-state index contributed by atoms with van der Waals surface area (Å²) in [5.41, 5.74) is 5.09. The predicted molar refractivity (Wildman–Crippen MR) is 152 cm³/mol. The van der Waals surface area contributed by atoms with Gasteiger partial charge >= 0.3 is 0 Å². The van der Waals surface area contributed by atoms with Crippen LogP contribution in [0.2, 0.25) is 0 Å². The number of hydrogen-bond acceptors (Lipinski definition) is 4. The van der Waals surface area contributed by atoms with E-state index in [-0.39, 0.29) is 18.2 Å². The highest BCUT2D eigenvalue weighted by molar-refractivity contribution is 7.61. The Bertz CT molecular complexity index is 1160. The summed E-state index contributed by atoms with van der Waals surface area (Å²) >= 11 is 0. The van der Waals surface area contributed by atoms with E-state index in [4.69, 9.17) is 19.9 Å². The van der Waals surface area contributed by atoms with Gasteiger partial charge in [0.15, 0.2) is 0 Å². The third-order valence-corrected chi connectivity index (χ3v) is 11.2. The van der Waals surface area contributed by atoms with Crippen molar-refractivity contribution < 1.29 is 0 Å². The molecule has 182 valence electrons. The lowest BCUT2D eigenvalue weighted by atomic mass is 9.91. The minimum absolute atomic E-state index is 0.207. The van der Waals surface area contributed by atoms with Crippen molar-refractivity contribution in [3.63, 3.8) is 0 Å².